The molecule has 1 atom stereocenters. The van der Waals surface area contributed by atoms with Crippen LogP contribution >= 0.6 is 0 Å². The van der Waals surface area contributed by atoms with Gasteiger partial charge in [0.1, 0.15) is 6.04 Å². The lowest BCUT2D eigenvalue weighted by Crippen LogP contribution is -2.47. The molecule has 2 aromatic rings. The molecule has 25 heavy (non-hydrogen) atoms. The minimum Gasteiger partial charge on any atom is -0.467 e. The first-order valence-electron chi connectivity index (χ1n) is 8.18. The number of amides is 1. The van der Waals surface area contributed by atoms with Crippen LogP contribution in [0.1, 0.15) is 21.5 Å². The van der Waals surface area contributed by atoms with Gasteiger partial charge >= 0.3 is 5.97 Å². The van der Waals surface area contributed by atoms with Crippen molar-refractivity contribution in [1.29, 1.82) is 0 Å². The largest absolute Gasteiger partial charge is 0.467 e. The van der Waals surface area contributed by atoms with E-state index in [2.05, 4.69) is 10.6 Å². The summed E-state index contributed by atoms with van der Waals surface area (Å²) < 4.78 is 4.75. The van der Waals surface area contributed by atoms with E-state index < -0.39 is 12.0 Å². The van der Waals surface area contributed by atoms with Crippen LogP contribution < -0.4 is 10.6 Å². The van der Waals surface area contributed by atoms with Gasteiger partial charge in [-0.15, -0.1) is 0 Å². The van der Waals surface area contributed by atoms with E-state index in [1.165, 1.54) is 7.11 Å². The van der Waals surface area contributed by atoms with Gasteiger partial charge in [0.05, 0.1) is 7.11 Å². The highest BCUT2D eigenvalue weighted by atomic mass is 16.5. The number of ether oxygens (including phenoxy) is 1. The van der Waals surface area contributed by atoms with Gasteiger partial charge in [0.25, 0.3) is 5.91 Å². The molecular formula is C20H24N2O3. The first-order chi connectivity index (χ1) is 12.0. The Morgan fingerprint density at radius 2 is 1.64 bits per heavy atom. The minimum absolute atomic E-state index is 0.278. The Balaban J connectivity index is 2.30. The van der Waals surface area contributed by atoms with Crippen molar-refractivity contribution in [2.24, 2.45) is 0 Å². The van der Waals surface area contributed by atoms with Gasteiger partial charge in [0, 0.05) is 12.1 Å². The molecule has 0 spiro atoms. The van der Waals surface area contributed by atoms with Gasteiger partial charge in [0.15, 0.2) is 0 Å². The second kappa shape index (κ2) is 8.44. The molecule has 0 aliphatic rings. The topological polar surface area (TPSA) is 67.4 Å². The number of hydrogen-bond acceptors (Lipinski definition) is 4. The molecule has 0 aromatic heterocycles. The molecule has 5 heteroatoms. The number of carbonyl (C=O) groups excluding carboxylic acids is 2. The maximum Gasteiger partial charge on any atom is 0.329 e. The summed E-state index contributed by atoms with van der Waals surface area (Å²) >= 11 is 0. The normalized spacial score (nSPS) is 11.7. The average molecular weight is 340 g/mol. The number of methoxy groups -OCH3 is 1. The number of aryl methyl sites for hydroxylation is 2. The lowest BCUT2D eigenvalue weighted by molar-refractivity contribution is -0.142. The quantitative estimate of drug-likeness (QED) is 0.793. The summed E-state index contributed by atoms with van der Waals surface area (Å²) in [6, 6.07) is 13.3. The van der Waals surface area contributed by atoms with E-state index >= 15 is 0 Å². The number of carbonyl (C=O) groups is 2. The van der Waals surface area contributed by atoms with Crippen LogP contribution in [-0.2, 0) is 9.53 Å². The van der Waals surface area contributed by atoms with Crippen molar-refractivity contribution >= 4 is 11.9 Å². The Kier molecular flexibility index (Phi) is 6.31. The van der Waals surface area contributed by atoms with Crippen LogP contribution in [0, 0.1) is 13.8 Å². The molecule has 2 N–H and O–H groups in total. The molecule has 0 aliphatic carbocycles. The minimum atomic E-state index is -0.727. The second-order valence-electron chi connectivity index (χ2n) is 5.96. The van der Waals surface area contributed by atoms with E-state index in [1.807, 2.05) is 56.3 Å². The fraction of sp³-hybridized carbons (Fsp3) is 0.300. The lowest BCUT2D eigenvalue weighted by Gasteiger charge is -2.18. The molecule has 2 aromatic carbocycles. The van der Waals surface area contributed by atoms with E-state index in [0.29, 0.717) is 12.1 Å². The number of rotatable bonds is 6. The van der Waals surface area contributed by atoms with Crippen LogP contribution in [0.3, 0.4) is 0 Å². The standard InChI is InChI=1S/C20H24N2O3/c1-13-10-16(15-8-6-5-7-9-15)11-14(2)18(13)19(23)22-17(12-21-3)20(24)25-4/h5-11,17,21H,12H2,1-4H3,(H,22,23)/t17-/m0/s1. The maximum absolute atomic E-state index is 12.7. The summed E-state index contributed by atoms with van der Waals surface area (Å²) in [5, 5.41) is 5.63. The van der Waals surface area contributed by atoms with Crippen molar-refractivity contribution in [2.75, 3.05) is 20.7 Å². The number of hydrogen-bond donors (Lipinski definition) is 2. The monoisotopic (exact) mass is 340 g/mol. The summed E-state index contributed by atoms with van der Waals surface area (Å²) in [6.45, 7) is 4.11. The first kappa shape index (κ1) is 18.7. The Labute approximate surface area is 148 Å². The molecule has 2 rings (SSSR count). The second-order valence-corrected chi connectivity index (χ2v) is 5.96. The summed E-state index contributed by atoms with van der Waals surface area (Å²) in [5.41, 5.74) is 4.48. The molecular weight excluding hydrogens is 316 g/mol. The van der Waals surface area contributed by atoms with Gasteiger partial charge in [-0.1, -0.05) is 42.5 Å². The van der Waals surface area contributed by atoms with Gasteiger partial charge in [0.2, 0.25) is 0 Å². The number of likely N-dealkylation sites (N-methyl/N-ethyl adjacent to an activating group) is 1. The molecule has 0 aliphatic heterocycles. The van der Waals surface area contributed by atoms with Crippen LogP contribution in [0.15, 0.2) is 42.5 Å². The molecule has 132 valence electrons. The van der Waals surface area contributed by atoms with Crippen molar-refractivity contribution in [2.45, 2.75) is 19.9 Å². The first-order valence-corrected chi connectivity index (χ1v) is 8.18. The third-order valence-electron chi connectivity index (χ3n) is 4.07. The van der Waals surface area contributed by atoms with Gasteiger partial charge in [-0.05, 0) is 43.1 Å². The highest BCUT2D eigenvalue weighted by Crippen LogP contribution is 2.25. The molecule has 0 saturated carbocycles. The van der Waals surface area contributed by atoms with Crippen molar-refractivity contribution in [3.63, 3.8) is 0 Å². The zero-order chi connectivity index (χ0) is 18.4. The van der Waals surface area contributed by atoms with E-state index in [-0.39, 0.29) is 5.91 Å². The van der Waals surface area contributed by atoms with Crippen molar-refractivity contribution in [3.8, 4) is 11.1 Å². The van der Waals surface area contributed by atoms with Gasteiger partial charge < -0.3 is 15.4 Å². The maximum atomic E-state index is 12.7. The Morgan fingerprint density at radius 3 is 2.16 bits per heavy atom. The molecule has 0 unspecified atom stereocenters. The van der Waals surface area contributed by atoms with Gasteiger partial charge in [-0.2, -0.15) is 0 Å². The van der Waals surface area contributed by atoms with Crippen molar-refractivity contribution in [3.05, 3.63) is 59.2 Å². The molecule has 0 fully saturated rings. The predicted octanol–water partition coefficient (Wildman–Crippen LogP) is 2.46. The van der Waals surface area contributed by atoms with Crippen LogP contribution in [0.2, 0.25) is 0 Å². The molecule has 1 amide bonds. The third-order valence-corrected chi connectivity index (χ3v) is 4.07. The third kappa shape index (κ3) is 4.45. The zero-order valence-electron chi connectivity index (χ0n) is 15.1. The summed E-state index contributed by atoms with van der Waals surface area (Å²) in [4.78, 5) is 24.5. The molecule has 0 saturated heterocycles. The van der Waals surface area contributed by atoms with E-state index in [9.17, 15) is 9.59 Å². The average Bonchev–Trinajstić information content (AvgIpc) is 2.60. The van der Waals surface area contributed by atoms with Gasteiger partial charge in [-0.25, -0.2) is 4.79 Å². The summed E-state index contributed by atoms with van der Waals surface area (Å²) in [5.74, 6) is -0.751. The van der Waals surface area contributed by atoms with E-state index in [0.717, 1.165) is 22.3 Å². The number of nitrogens with one attached hydrogen (secondary N) is 2. The summed E-state index contributed by atoms with van der Waals surface area (Å²) in [7, 11) is 3.02. The molecule has 0 radical (unpaired) electrons. The molecule has 5 nitrogen and oxygen atoms in total. The smallest absolute Gasteiger partial charge is 0.329 e. The van der Waals surface area contributed by atoms with Crippen LogP contribution in [0.4, 0.5) is 0 Å². The van der Waals surface area contributed by atoms with Crippen LogP contribution in [-0.4, -0.2) is 38.6 Å². The van der Waals surface area contributed by atoms with E-state index in [4.69, 9.17) is 4.74 Å². The van der Waals surface area contributed by atoms with Crippen LogP contribution in [0.5, 0.6) is 0 Å². The lowest BCUT2D eigenvalue weighted by atomic mass is 9.95. The fourth-order valence-corrected chi connectivity index (χ4v) is 2.89. The Morgan fingerprint density at radius 1 is 1.04 bits per heavy atom. The Hall–Kier alpha value is -2.66. The predicted molar refractivity (Wildman–Crippen MR) is 98.5 cm³/mol. The molecule has 0 heterocycles. The fourth-order valence-electron chi connectivity index (χ4n) is 2.89. The Bertz CT molecular complexity index is 734. The number of benzene rings is 2. The van der Waals surface area contributed by atoms with E-state index in [1.54, 1.807) is 7.05 Å². The SMILES string of the molecule is CNC[C@H](NC(=O)c1c(C)cc(-c2ccccc2)cc1C)C(=O)OC. The highest BCUT2D eigenvalue weighted by molar-refractivity contribution is 5.99. The zero-order valence-corrected chi connectivity index (χ0v) is 15.1. The number of esters is 1. The van der Waals surface area contributed by atoms with Crippen LogP contribution in [0.25, 0.3) is 11.1 Å². The highest BCUT2D eigenvalue weighted by Gasteiger charge is 2.23. The summed E-state index contributed by atoms with van der Waals surface area (Å²) in [6.07, 6.45) is 0. The molecule has 0 bridgehead atoms. The van der Waals surface area contributed by atoms with Crippen molar-refractivity contribution in [1.82, 2.24) is 10.6 Å². The van der Waals surface area contributed by atoms with Crippen molar-refractivity contribution < 1.29 is 14.3 Å². The van der Waals surface area contributed by atoms with Gasteiger partial charge in [-0.3, -0.25) is 4.79 Å².